The first-order valence-electron chi connectivity index (χ1n) is 8.72. The van der Waals surface area contributed by atoms with Crippen molar-refractivity contribution in [1.82, 2.24) is 0 Å². The maximum Gasteiger partial charge on any atom is 0.248 e. The van der Waals surface area contributed by atoms with E-state index in [4.69, 9.17) is 27.9 Å². The Labute approximate surface area is 174 Å². The molecule has 0 bridgehead atoms. The topological polar surface area (TPSA) is 38.3 Å². The molecule has 3 aromatic rings. The Bertz CT molecular complexity index is 980. The van der Waals surface area contributed by atoms with Crippen molar-refractivity contribution in [2.45, 2.75) is 13.5 Å². The number of benzene rings is 3. The third kappa shape index (κ3) is 5.88. The average Bonchev–Trinajstić information content (AvgIpc) is 2.69. The summed E-state index contributed by atoms with van der Waals surface area (Å²) >= 11 is 11.8. The minimum atomic E-state index is -0.214. The largest absolute Gasteiger partial charge is 0.489 e. The van der Waals surface area contributed by atoms with Crippen LogP contribution in [0, 0.1) is 6.92 Å². The zero-order chi connectivity index (χ0) is 19.9. The maximum atomic E-state index is 12.1. The number of aryl methyl sites for hydroxylation is 1. The van der Waals surface area contributed by atoms with E-state index in [9.17, 15) is 4.79 Å². The molecule has 0 saturated heterocycles. The van der Waals surface area contributed by atoms with Crippen LogP contribution in [0.1, 0.15) is 16.7 Å². The van der Waals surface area contributed by atoms with Gasteiger partial charge in [-0.3, -0.25) is 4.79 Å². The maximum absolute atomic E-state index is 12.1. The van der Waals surface area contributed by atoms with Gasteiger partial charge in [-0.15, -0.1) is 0 Å². The standard InChI is InChI=1S/C23H19Cl2NO2/c1-16-2-8-20(25)14-22(16)26-23(27)13-7-17-5-11-21(12-6-17)28-15-18-3-9-19(24)10-4-18/h2-14H,15H2,1H3,(H,26,27)/b13-7+. The molecule has 0 aliphatic carbocycles. The summed E-state index contributed by atoms with van der Waals surface area (Å²) in [5.41, 5.74) is 3.60. The lowest BCUT2D eigenvalue weighted by Gasteiger charge is -2.07. The second kappa shape index (κ2) is 9.45. The van der Waals surface area contributed by atoms with Crippen molar-refractivity contribution in [1.29, 1.82) is 0 Å². The molecule has 0 unspecified atom stereocenters. The van der Waals surface area contributed by atoms with E-state index in [1.54, 1.807) is 18.2 Å². The summed E-state index contributed by atoms with van der Waals surface area (Å²) in [7, 11) is 0. The van der Waals surface area contributed by atoms with Crippen molar-refractivity contribution >= 4 is 40.9 Å². The highest BCUT2D eigenvalue weighted by Gasteiger charge is 2.03. The zero-order valence-electron chi connectivity index (χ0n) is 15.3. The number of amides is 1. The first-order chi connectivity index (χ1) is 13.5. The summed E-state index contributed by atoms with van der Waals surface area (Å²) in [6, 6.07) is 20.5. The van der Waals surface area contributed by atoms with Crippen molar-refractivity contribution in [3.8, 4) is 5.75 Å². The van der Waals surface area contributed by atoms with Crippen LogP contribution in [0.5, 0.6) is 5.75 Å². The fraction of sp³-hybridized carbons (Fsp3) is 0.0870. The van der Waals surface area contributed by atoms with Gasteiger partial charge in [-0.25, -0.2) is 0 Å². The number of rotatable bonds is 6. The van der Waals surface area contributed by atoms with Crippen LogP contribution in [0.3, 0.4) is 0 Å². The first kappa shape index (κ1) is 20.0. The Morgan fingerprint density at radius 1 is 0.964 bits per heavy atom. The molecule has 0 spiro atoms. The van der Waals surface area contributed by atoms with Gasteiger partial charge < -0.3 is 10.1 Å². The SMILES string of the molecule is Cc1ccc(Cl)cc1NC(=O)/C=C/c1ccc(OCc2ccc(Cl)cc2)cc1. The van der Waals surface area contributed by atoms with Gasteiger partial charge in [-0.05, 0) is 66.1 Å². The molecular formula is C23H19Cl2NO2. The molecule has 1 N–H and O–H groups in total. The molecule has 0 aromatic heterocycles. The van der Waals surface area contributed by atoms with Crippen LogP contribution in [0.25, 0.3) is 6.08 Å². The zero-order valence-corrected chi connectivity index (χ0v) is 16.8. The van der Waals surface area contributed by atoms with Gasteiger partial charge in [-0.1, -0.05) is 53.5 Å². The van der Waals surface area contributed by atoms with Crippen molar-refractivity contribution in [2.24, 2.45) is 0 Å². The highest BCUT2D eigenvalue weighted by molar-refractivity contribution is 6.31. The van der Waals surface area contributed by atoms with Gasteiger partial charge in [0.15, 0.2) is 0 Å². The Morgan fingerprint density at radius 2 is 1.64 bits per heavy atom. The van der Waals surface area contributed by atoms with E-state index in [1.165, 1.54) is 6.08 Å². The van der Waals surface area contributed by atoms with Crippen molar-refractivity contribution in [3.05, 3.63) is 99.5 Å². The molecule has 142 valence electrons. The lowest BCUT2D eigenvalue weighted by molar-refractivity contribution is -0.111. The first-order valence-corrected chi connectivity index (χ1v) is 9.48. The van der Waals surface area contributed by atoms with E-state index >= 15 is 0 Å². The van der Waals surface area contributed by atoms with E-state index in [0.29, 0.717) is 22.3 Å². The monoisotopic (exact) mass is 411 g/mol. The fourth-order valence-electron chi connectivity index (χ4n) is 2.50. The molecule has 0 aliphatic heterocycles. The Kier molecular flexibility index (Phi) is 6.75. The molecule has 3 rings (SSSR count). The lowest BCUT2D eigenvalue weighted by atomic mass is 10.2. The van der Waals surface area contributed by atoms with Gasteiger partial charge in [0.25, 0.3) is 0 Å². The normalized spacial score (nSPS) is 10.8. The third-order valence-electron chi connectivity index (χ3n) is 4.08. The van der Waals surface area contributed by atoms with Gasteiger partial charge in [0.2, 0.25) is 5.91 Å². The van der Waals surface area contributed by atoms with Gasteiger partial charge >= 0.3 is 0 Å². The molecule has 0 fully saturated rings. The molecule has 0 saturated carbocycles. The van der Waals surface area contributed by atoms with Crippen LogP contribution in [0.2, 0.25) is 10.0 Å². The van der Waals surface area contributed by atoms with Gasteiger partial charge in [-0.2, -0.15) is 0 Å². The molecule has 0 radical (unpaired) electrons. The number of ether oxygens (including phenoxy) is 1. The van der Waals surface area contributed by atoms with Crippen LogP contribution in [0.15, 0.2) is 72.8 Å². The summed E-state index contributed by atoms with van der Waals surface area (Å²) in [6.45, 7) is 2.38. The highest BCUT2D eigenvalue weighted by Crippen LogP contribution is 2.20. The quantitative estimate of drug-likeness (QED) is 0.468. The minimum Gasteiger partial charge on any atom is -0.489 e. The van der Waals surface area contributed by atoms with Crippen molar-refractivity contribution in [2.75, 3.05) is 5.32 Å². The predicted molar refractivity (Wildman–Crippen MR) is 116 cm³/mol. The fourth-order valence-corrected chi connectivity index (χ4v) is 2.80. The molecule has 0 atom stereocenters. The van der Waals surface area contributed by atoms with Gasteiger partial charge in [0.05, 0.1) is 0 Å². The van der Waals surface area contributed by atoms with Crippen molar-refractivity contribution in [3.63, 3.8) is 0 Å². The number of hydrogen-bond acceptors (Lipinski definition) is 2. The summed E-state index contributed by atoms with van der Waals surface area (Å²) in [5, 5.41) is 4.12. The lowest BCUT2D eigenvalue weighted by Crippen LogP contribution is -2.08. The van der Waals surface area contributed by atoms with Gasteiger partial charge in [0.1, 0.15) is 12.4 Å². The Morgan fingerprint density at radius 3 is 2.36 bits per heavy atom. The van der Waals surface area contributed by atoms with Crippen LogP contribution < -0.4 is 10.1 Å². The van der Waals surface area contributed by atoms with E-state index in [1.807, 2.05) is 61.5 Å². The summed E-state index contributed by atoms with van der Waals surface area (Å²) < 4.78 is 5.76. The number of carbonyl (C=O) groups excluding carboxylic acids is 1. The molecule has 0 heterocycles. The van der Waals surface area contributed by atoms with E-state index in [0.717, 1.165) is 22.4 Å². The second-order valence-electron chi connectivity index (χ2n) is 6.27. The number of hydrogen-bond donors (Lipinski definition) is 1. The number of halogens is 2. The summed E-state index contributed by atoms with van der Waals surface area (Å²) in [6.07, 6.45) is 3.24. The molecule has 1 amide bonds. The molecule has 5 heteroatoms. The van der Waals surface area contributed by atoms with Crippen molar-refractivity contribution < 1.29 is 9.53 Å². The Balaban J connectivity index is 1.55. The number of carbonyl (C=O) groups is 1. The van der Waals surface area contributed by atoms with E-state index in [2.05, 4.69) is 5.32 Å². The van der Waals surface area contributed by atoms with Crippen LogP contribution in [0.4, 0.5) is 5.69 Å². The molecule has 0 aliphatic rings. The summed E-state index contributed by atoms with van der Waals surface area (Å²) in [4.78, 5) is 12.1. The number of anilines is 1. The highest BCUT2D eigenvalue weighted by atomic mass is 35.5. The van der Waals surface area contributed by atoms with E-state index < -0.39 is 0 Å². The third-order valence-corrected chi connectivity index (χ3v) is 4.57. The van der Waals surface area contributed by atoms with Gasteiger partial charge in [0, 0.05) is 21.8 Å². The number of nitrogens with one attached hydrogen (secondary N) is 1. The predicted octanol–water partition coefficient (Wildman–Crippen LogP) is 6.53. The second-order valence-corrected chi connectivity index (χ2v) is 7.14. The minimum absolute atomic E-state index is 0.214. The smallest absolute Gasteiger partial charge is 0.248 e. The molecule has 28 heavy (non-hydrogen) atoms. The summed E-state index contributed by atoms with van der Waals surface area (Å²) in [5.74, 6) is 0.541. The van der Waals surface area contributed by atoms with Crippen LogP contribution in [-0.2, 0) is 11.4 Å². The molecule has 3 nitrogen and oxygen atoms in total. The Hall–Kier alpha value is -2.75. The van der Waals surface area contributed by atoms with Crippen LogP contribution >= 0.6 is 23.2 Å². The van der Waals surface area contributed by atoms with Crippen LogP contribution in [-0.4, -0.2) is 5.91 Å². The molecule has 3 aromatic carbocycles. The average molecular weight is 412 g/mol. The molecular weight excluding hydrogens is 393 g/mol. The van der Waals surface area contributed by atoms with E-state index in [-0.39, 0.29) is 5.91 Å².